The van der Waals surface area contributed by atoms with Crippen molar-refractivity contribution in [1.82, 2.24) is 14.9 Å². The molecule has 3 heterocycles. The Bertz CT molecular complexity index is 1140. The molecule has 2 saturated heterocycles. The first-order valence-electron chi connectivity index (χ1n) is 12.1. The first-order valence-corrected chi connectivity index (χ1v) is 12.1. The molecule has 0 amide bonds. The van der Waals surface area contributed by atoms with Gasteiger partial charge in [-0.1, -0.05) is 24.3 Å². The van der Waals surface area contributed by atoms with Crippen molar-refractivity contribution in [2.45, 2.75) is 37.6 Å². The SMILES string of the molecule is CN1CCC(OC(c2cccc(N3CCC(O)C3)c2)c2nc3ccccc3[nH]2)CC1.O=C(O)C(=O)O. The van der Waals surface area contributed by atoms with Crippen LogP contribution in [0.1, 0.15) is 36.8 Å². The van der Waals surface area contributed by atoms with Gasteiger partial charge in [0, 0.05) is 31.9 Å². The summed E-state index contributed by atoms with van der Waals surface area (Å²) in [5.74, 6) is -2.79. The van der Waals surface area contributed by atoms with Crippen LogP contribution >= 0.6 is 0 Å². The lowest BCUT2D eigenvalue weighted by molar-refractivity contribution is -0.159. The third kappa shape index (κ3) is 6.39. The fourth-order valence-electron chi connectivity index (χ4n) is 4.57. The van der Waals surface area contributed by atoms with Crippen molar-refractivity contribution in [3.05, 3.63) is 59.9 Å². The van der Waals surface area contributed by atoms with E-state index < -0.39 is 11.9 Å². The van der Waals surface area contributed by atoms with Crippen LogP contribution in [0.2, 0.25) is 0 Å². The number of β-amino-alcohol motifs (C(OH)–C–C–N with tert-alkyl or cyclic N) is 1. The summed E-state index contributed by atoms with van der Waals surface area (Å²) in [7, 11) is 2.17. The number of aromatic amines is 1. The molecule has 0 radical (unpaired) electrons. The van der Waals surface area contributed by atoms with Crippen LogP contribution in [0.5, 0.6) is 0 Å². The number of piperidine rings is 1. The van der Waals surface area contributed by atoms with Crippen LogP contribution in [0.15, 0.2) is 48.5 Å². The Balaban J connectivity index is 0.000000455. The second-order valence-corrected chi connectivity index (χ2v) is 9.25. The lowest BCUT2D eigenvalue weighted by atomic mass is 10.0. The minimum atomic E-state index is -1.82. The zero-order chi connectivity index (χ0) is 25.7. The molecule has 2 aliphatic heterocycles. The molecule has 5 rings (SSSR count). The molecule has 2 aliphatic rings. The van der Waals surface area contributed by atoms with E-state index in [9.17, 15) is 5.11 Å². The molecule has 2 aromatic carbocycles. The van der Waals surface area contributed by atoms with Gasteiger partial charge in [-0.2, -0.15) is 0 Å². The van der Waals surface area contributed by atoms with Gasteiger partial charge >= 0.3 is 11.9 Å². The molecule has 0 aliphatic carbocycles. The number of likely N-dealkylation sites (tertiary alicyclic amines) is 1. The molecule has 4 N–H and O–H groups in total. The summed E-state index contributed by atoms with van der Waals surface area (Å²) < 4.78 is 6.69. The van der Waals surface area contributed by atoms with Crippen LogP contribution in [0, 0.1) is 0 Å². The van der Waals surface area contributed by atoms with E-state index in [1.807, 2.05) is 18.2 Å². The van der Waals surface area contributed by atoms with Crippen molar-refractivity contribution in [2.75, 3.05) is 38.1 Å². The van der Waals surface area contributed by atoms with Gasteiger partial charge in [-0.05, 0) is 56.1 Å². The number of benzene rings is 2. The number of fused-ring (bicyclic) bond motifs is 1. The zero-order valence-electron chi connectivity index (χ0n) is 20.2. The van der Waals surface area contributed by atoms with Crippen LogP contribution in [0.25, 0.3) is 11.0 Å². The zero-order valence-corrected chi connectivity index (χ0v) is 20.2. The van der Waals surface area contributed by atoms with Crippen LogP contribution in [-0.4, -0.2) is 87.6 Å². The Kier molecular flexibility index (Phi) is 8.19. The Morgan fingerprint density at radius 2 is 1.75 bits per heavy atom. The number of para-hydroxylation sites is 2. The molecule has 10 nitrogen and oxygen atoms in total. The number of H-pyrrole nitrogens is 1. The van der Waals surface area contributed by atoms with Crippen molar-refractivity contribution in [3.63, 3.8) is 0 Å². The predicted molar refractivity (Wildman–Crippen MR) is 134 cm³/mol. The third-order valence-electron chi connectivity index (χ3n) is 6.53. The van der Waals surface area contributed by atoms with Crippen molar-refractivity contribution in [1.29, 1.82) is 0 Å². The Hall–Kier alpha value is -3.47. The Morgan fingerprint density at radius 3 is 2.39 bits per heavy atom. The van der Waals surface area contributed by atoms with Gasteiger partial charge in [0.25, 0.3) is 0 Å². The van der Waals surface area contributed by atoms with Crippen LogP contribution in [0.4, 0.5) is 5.69 Å². The number of ether oxygens (including phenoxy) is 1. The molecular formula is C26H32N4O6. The molecular weight excluding hydrogens is 464 g/mol. The van der Waals surface area contributed by atoms with Gasteiger partial charge in [0.15, 0.2) is 0 Å². The number of aromatic nitrogens is 2. The minimum Gasteiger partial charge on any atom is -0.473 e. The smallest absolute Gasteiger partial charge is 0.414 e. The van der Waals surface area contributed by atoms with Gasteiger partial charge in [0.05, 0.1) is 23.2 Å². The number of aliphatic carboxylic acids is 2. The first-order chi connectivity index (χ1) is 17.3. The maximum absolute atomic E-state index is 9.95. The summed E-state index contributed by atoms with van der Waals surface area (Å²) in [4.78, 5) is 31.2. The molecule has 0 saturated carbocycles. The Morgan fingerprint density at radius 1 is 1.03 bits per heavy atom. The van der Waals surface area contributed by atoms with Crippen LogP contribution in [0.3, 0.4) is 0 Å². The van der Waals surface area contributed by atoms with E-state index in [1.165, 1.54) is 0 Å². The van der Waals surface area contributed by atoms with Crippen molar-refractivity contribution in [3.8, 4) is 0 Å². The summed E-state index contributed by atoms with van der Waals surface area (Å²) >= 11 is 0. The Labute approximate surface area is 209 Å². The van der Waals surface area contributed by atoms with Crippen LogP contribution in [-0.2, 0) is 14.3 Å². The maximum atomic E-state index is 9.95. The van der Waals surface area contributed by atoms with E-state index >= 15 is 0 Å². The number of imidazole rings is 1. The standard InChI is InChI=1S/C24H30N4O2.C2H2O4/c1-27-12-10-20(11-13-27)30-23(24-25-21-7-2-3-8-22(21)26-24)17-5-4-6-18(15-17)28-14-9-19(29)16-28;3-1(4)2(5)6/h2-8,15,19-20,23,29H,9-14,16H2,1H3,(H,25,26);(H,3,4)(H,5,6). The second-order valence-electron chi connectivity index (χ2n) is 9.25. The predicted octanol–water partition coefficient (Wildman–Crippen LogP) is 2.49. The average Bonchev–Trinajstić information content (AvgIpc) is 3.50. The summed E-state index contributed by atoms with van der Waals surface area (Å²) in [6.45, 7) is 3.69. The van der Waals surface area contributed by atoms with E-state index in [4.69, 9.17) is 29.5 Å². The number of nitrogens with one attached hydrogen (secondary N) is 1. The lowest BCUT2D eigenvalue weighted by Gasteiger charge is -2.31. The third-order valence-corrected chi connectivity index (χ3v) is 6.53. The fraction of sp³-hybridized carbons (Fsp3) is 0.423. The molecule has 2 atom stereocenters. The van der Waals surface area contributed by atoms with E-state index in [-0.39, 0.29) is 18.3 Å². The van der Waals surface area contributed by atoms with E-state index in [2.05, 4.69) is 52.2 Å². The van der Waals surface area contributed by atoms with Gasteiger partial charge < -0.3 is 34.8 Å². The van der Waals surface area contributed by atoms with E-state index in [0.29, 0.717) is 6.54 Å². The van der Waals surface area contributed by atoms with E-state index in [1.54, 1.807) is 0 Å². The van der Waals surface area contributed by atoms with Gasteiger partial charge in [-0.3, -0.25) is 0 Å². The molecule has 2 fully saturated rings. The molecule has 0 spiro atoms. The summed E-state index contributed by atoms with van der Waals surface area (Å²) in [5.41, 5.74) is 4.23. The molecule has 2 unspecified atom stereocenters. The molecule has 10 heteroatoms. The number of carboxylic acids is 2. The second kappa shape index (κ2) is 11.5. The molecule has 36 heavy (non-hydrogen) atoms. The first kappa shape index (κ1) is 25.6. The minimum absolute atomic E-state index is 0.219. The number of hydrogen-bond donors (Lipinski definition) is 4. The number of carboxylic acid groups (broad SMARTS) is 2. The highest BCUT2D eigenvalue weighted by Gasteiger charge is 2.27. The lowest BCUT2D eigenvalue weighted by Crippen LogP contribution is -2.35. The molecule has 3 aromatic rings. The normalized spacial score (nSPS) is 19.6. The number of aliphatic hydroxyl groups excluding tert-OH is 1. The summed E-state index contributed by atoms with van der Waals surface area (Å²) in [6.07, 6.45) is 2.63. The number of carbonyl (C=O) groups is 2. The van der Waals surface area contributed by atoms with Crippen molar-refractivity contribution >= 4 is 28.7 Å². The number of nitrogens with zero attached hydrogens (tertiary/aromatic N) is 3. The quantitative estimate of drug-likeness (QED) is 0.392. The maximum Gasteiger partial charge on any atom is 0.414 e. The number of anilines is 1. The van der Waals surface area contributed by atoms with Gasteiger partial charge in [-0.25, -0.2) is 14.6 Å². The number of rotatable bonds is 5. The topological polar surface area (TPSA) is 139 Å². The van der Waals surface area contributed by atoms with Crippen LogP contribution < -0.4 is 4.90 Å². The van der Waals surface area contributed by atoms with E-state index in [0.717, 1.165) is 67.0 Å². The largest absolute Gasteiger partial charge is 0.473 e. The molecule has 1 aromatic heterocycles. The monoisotopic (exact) mass is 496 g/mol. The fourth-order valence-corrected chi connectivity index (χ4v) is 4.57. The van der Waals surface area contributed by atoms with Gasteiger partial charge in [0.1, 0.15) is 11.9 Å². The molecule has 192 valence electrons. The van der Waals surface area contributed by atoms with Crippen molar-refractivity contribution < 1.29 is 29.6 Å². The molecule has 0 bridgehead atoms. The van der Waals surface area contributed by atoms with Crippen molar-refractivity contribution in [2.24, 2.45) is 0 Å². The average molecular weight is 497 g/mol. The highest BCUT2D eigenvalue weighted by Crippen LogP contribution is 2.32. The summed E-state index contributed by atoms with van der Waals surface area (Å²) in [5, 5.41) is 24.7. The number of hydrogen-bond acceptors (Lipinski definition) is 7. The van der Waals surface area contributed by atoms with Gasteiger partial charge in [-0.15, -0.1) is 0 Å². The number of aliphatic hydroxyl groups is 1. The highest BCUT2D eigenvalue weighted by atomic mass is 16.5. The van der Waals surface area contributed by atoms with Gasteiger partial charge in [0.2, 0.25) is 0 Å². The highest BCUT2D eigenvalue weighted by molar-refractivity contribution is 6.27. The summed E-state index contributed by atoms with van der Waals surface area (Å²) in [6, 6.07) is 16.7.